The van der Waals surface area contributed by atoms with E-state index in [1.54, 1.807) is 6.07 Å². The van der Waals surface area contributed by atoms with Crippen molar-refractivity contribution in [2.24, 2.45) is 0 Å². The lowest BCUT2D eigenvalue weighted by Gasteiger charge is -2.04. The van der Waals surface area contributed by atoms with Gasteiger partial charge in [-0.25, -0.2) is 0 Å². The molecule has 0 atom stereocenters. The zero-order valence-corrected chi connectivity index (χ0v) is 14.9. The summed E-state index contributed by atoms with van der Waals surface area (Å²) < 4.78 is 5.83. The fraction of sp³-hybridized carbons (Fsp3) is 0.0500. The van der Waals surface area contributed by atoms with Gasteiger partial charge in [0.25, 0.3) is 11.1 Å². The minimum Gasteiger partial charge on any atom is -0.411 e. The molecule has 0 aliphatic carbocycles. The molecule has 132 valence electrons. The Morgan fingerprint density at radius 2 is 1.74 bits per heavy atom. The summed E-state index contributed by atoms with van der Waals surface area (Å²) in [5, 5.41) is 10.8. The molecule has 2 N–H and O–H groups in total. The first-order chi connectivity index (χ1) is 13.3. The second-order valence-corrected chi connectivity index (χ2v) is 7.04. The van der Waals surface area contributed by atoms with E-state index in [1.807, 2.05) is 54.7 Å². The van der Waals surface area contributed by atoms with Gasteiger partial charge < -0.3 is 14.4 Å². The highest BCUT2D eigenvalue weighted by Crippen LogP contribution is 2.31. The molecule has 0 bridgehead atoms. The second kappa shape index (κ2) is 6.44. The van der Waals surface area contributed by atoms with Gasteiger partial charge in [-0.15, -0.1) is 10.2 Å². The Morgan fingerprint density at radius 3 is 2.63 bits per heavy atom. The van der Waals surface area contributed by atoms with Gasteiger partial charge in [0, 0.05) is 39.8 Å². The van der Waals surface area contributed by atoms with E-state index < -0.39 is 0 Å². The summed E-state index contributed by atoms with van der Waals surface area (Å²) in [7, 11) is 0. The number of benzene rings is 2. The van der Waals surface area contributed by atoms with Gasteiger partial charge in [0.05, 0.1) is 5.56 Å². The molecule has 0 fully saturated rings. The Hall–Kier alpha value is -3.32. The third-order valence-corrected chi connectivity index (χ3v) is 5.28. The normalized spacial score (nSPS) is 11.4. The van der Waals surface area contributed by atoms with Crippen LogP contribution in [0, 0.1) is 0 Å². The Kier molecular flexibility index (Phi) is 3.79. The first kappa shape index (κ1) is 15.9. The average Bonchev–Trinajstić information content (AvgIpc) is 3.32. The number of para-hydroxylation sites is 2. The van der Waals surface area contributed by atoms with Crippen molar-refractivity contribution in [2.75, 3.05) is 0 Å². The molecule has 5 rings (SSSR count). The third kappa shape index (κ3) is 2.92. The first-order valence-electron chi connectivity index (χ1n) is 8.42. The number of aromatic amines is 2. The molecule has 6 nitrogen and oxygen atoms in total. The minimum atomic E-state index is -0.116. The number of H-pyrrole nitrogens is 2. The van der Waals surface area contributed by atoms with Crippen LogP contribution in [-0.4, -0.2) is 20.2 Å². The SMILES string of the molecule is O=c1cc(CSc2nnc(-c3c[nH]c4ccccc34)o2)c2ccccc2[nH]1. The van der Waals surface area contributed by atoms with Crippen molar-refractivity contribution in [1.29, 1.82) is 0 Å². The van der Waals surface area contributed by atoms with Crippen LogP contribution in [0.1, 0.15) is 5.56 Å². The van der Waals surface area contributed by atoms with Crippen LogP contribution >= 0.6 is 11.8 Å². The van der Waals surface area contributed by atoms with Crippen LogP contribution < -0.4 is 5.56 Å². The zero-order valence-electron chi connectivity index (χ0n) is 14.1. The van der Waals surface area contributed by atoms with Crippen LogP contribution in [0.3, 0.4) is 0 Å². The number of thioether (sulfide) groups is 1. The van der Waals surface area contributed by atoms with Crippen LogP contribution in [0.15, 0.2) is 75.2 Å². The largest absolute Gasteiger partial charge is 0.411 e. The molecular weight excluding hydrogens is 360 g/mol. The van der Waals surface area contributed by atoms with Gasteiger partial charge in [0.2, 0.25) is 5.56 Å². The Balaban J connectivity index is 1.43. The molecule has 0 aliphatic heterocycles. The Labute approximate surface area is 157 Å². The molecular formula is C20H14N4O2S. The van der Waals surface area contributed by atoms with E-state index >= 15 is 0 Å². The van der Waals surface area contributed by atoms with Gasteiger partial charge in [-0.1, -0.05) is 48.2 Å². The topological polar surface area (TPSA) is 87.6 Å². The molecule has 2 aromatic carbocycles. The van der Waals surface area contributed by atoms with E-state index in [9.17, 15) is 4.79 Å². The predicted molar refractivity (Wildman–Crippen MR) is 106 cm³/mol. The quantitative estimate of drug-likeness (QED) is 0.457. The molecule has 0 unspecified atom stereocenters. The van der Waals surface area contributed by atoms with Crippen LogP contribution in [-0.2, 0) is 5.75 Å². The highest BCUT2D eigenvalue weighted by Gasteiger charge is 2.14. The highest BCUT2D eigenvalue weighted by atomic mass is 32.2. The van der Waals surface area contributed by atoms with Crippen LogP contribution in [0.2, 0.25) is 0 Å². The van der Waals surface area contributed by atoms with Crippen molar-refractivity contribution in [3.63, 3.8) is 0 Å². The van der Waals surface area contributed by atoms with Crippen molar-refractivity contribution in [3.8, 4) is 11.5 Å². The fourth-order valence-electron chi connectivity index (χ4n) is 3.16. The van der Waals surface area contributed by atoms with E-state index in [-0.39, 0.29) is 5.56 Å². The van der Waals surface area contributed by atoms with Crippen molar-refractivity contribution in [1.82, 2.24) is 20.2 Å². The second-order valence-electron chi connectivity index (χ2n) is 6.11. The number of hydrogen-bond donors (Lipinski definition) is 2. The van der Waals surface area contributed by atoms with E-state index in [4.69, 9.17) is 4.42 Å². The Morgan fingerprint density at radius 1 is 0.963 bits per heavy atom. The molecule has 27 heavy (non-hydrogen) atoms. The van der Waals surface area contributed by atoms with Gasteiger partial charge in [-0.3, -0.25) is 4.79 Å². The summed E-state index contributed by atoms with van der Waals surface area (Å²) in [6.45, 7) is 0. The number of nitrogens with zero attached hydrogens (tertiary/aromatic N) is 2. The van der Waals surface area contributed by atoms with Gasteiger partial charge in [0.1, 0.15) is 0 Å². The number of rotatable bonds is 4. The molecule has 0 amide bonds. The lowest BCUT2D eigenvalue weighted by atomic mass is 10.1. The van der Waals surface area contributed by atoms with E-state index in [1.165, 1.54) is 11.8 Å². The summed E-state index contributed by atoms with van der Waals surface area (Å²) in [6, 6.07) is 17.3. The third-order valence-electron chi connectivity index (χ3n) is 4.41. The maximum Gasteiger partial charge on any atom is 0.277 e. The molecule has 3 aromatic heterocycles. The monoisotopic (exact) mass is 374 g/mol. The number of nitrogens with one attached hydrogen (secondary N) is 2. The fourth-order valence-corrected chi connectivity index (χ4v) is 3.92. The number of fused-ring (bicyclic) bond motifs is 2. The van der Waals surface area contributed by atoms with Crippen molar-refractivity contribution in [2.45, 2.75) is 11.0 Å². The lowest BCUT2D eigenvalue weighted by molar-refractivity contribution is 0.466. The van der Waals surface area contributed by atoms with E-state index in [0.717, 1.165) is 32.9 Å². The molecule has 0 spiro atoms. The summed E-state index contributed by atoms with van der Waals surface area (Å²) in [6.07, 6.45) is 1.87. The van der Waals surface area contributed by atoms with Crippen LogP contribution in [0.4, 0.5) is 0 Å². The maximum atomic E-state index is 11.9. The molecule has 5 aromatic rings. The zero-order chi connectivity index (χ0) is 18.2. The number of hydrogen-bond acceptors (Lipinski definition) is 5. The van der Waals surface area contributed by atoms with Gasteiger partial charge in [-0.2, -0.15) is 0 Å². The predicted octanol–water partition coefficient (Wildman–Crippen LogP) is 4.35. The molecule has 7 heteroatoms. The smallest absolute Gasteiger partial charge is 0.277 e. The standard InChI is InChI=1S/C20H14N4O2S/c25-18-9-12(13-5-1-4-8-17(13)22-18)11-27-20-24-23-19(26-20)15-10-21-16-7-3-2-6-14(15)16/h1-10,21H,11H2,(H,22,25). The Bertz CT molecular complexity index is 1320. The number of aromatic nitrogens is 4. The van der Waals surface area contributed by atoms with Crippen molar-refractivity contribution in [3.05, 3.63) is 76.7 Å². The van der Waals surface area contributed by atoms with Crippen molar-refractivity contribution >= 4 is 33.6 Å². The molecule has 0 aliphatic rings. The molecule has 0 saturated heterocycles. The number of pyridine rings is 1. The average molecular weight is 374 g/mol. The molecule has 3 heterocycles. The minimum absolute atomic E-state index is 0.116. The van der Waals surface area contributed by atoms with Crippen molar-refractivity contribution < 1.29 is 4.42 Å². The molecule has 0 radical (unpaired) electrons. The van der Waals surface area contributed by atoms with Gasteiger partial charge >= 0.3 is 0 Å². The van der Waals surface area contributed by atoms with Gasteiger partial charge in [-0.05, 0) is 17.7 Å². The summed E-state index contributed by atoms with van der Waals surface area (Å²) >= 11 is 1.42. The highest BCUT2D eigenvalue weighted by molar-refractivity contribution is 7.98. The molecule has 0 saturated carbocycles. The summed E-state index contributed by atoms with van der Waals surface area (Å²) in [4.78, 5) is 17.9. The van der Waals surface area contributed by atoms with Gasteiger partial charge in [0.15, 0.2) is 0 Å². The van der Waals surface area contributed by atoms with E-state index in [0.29, 0.717) is 16.9 Å². The maximum absolute atomic E-state index is 11.9. The lowest BCUT2D eigenvalue weighted by Crippen LogP contribution is -2.05. The van der Waals surface area contributed by atoms with Crippen LogP contribution in [0.5, 0.6) is 0 Å². The van der Waals surface area contributed by atoms with E-state index in [2.05, 4.69) is 20.2 Å². The van der Waals surface area contributed by atoms with Crippen LogP contribution in [0.25, 0.3) is 33.3 Å². The first-order valence-corrected chi connectivity index (χ1v) is 9.40. The summed E-state index contributed by atoms with van der Waals surface area (Å²) in [5.41, 5.74) is 3.55. The summed E-state index contributed by atoms with van der Waals surface area (Å²) in [5.74, 6) is 1.05.